The van der Waals surface area contributed by atoms with E-state index in [0.717, 1.165) is 5.56 Å². The van der Waals surface area contributed by atoms with Crippen LogP contribution in [-0.2, 0) is 13.4 Å². The highest BCUT2D eigenvalue weighted by molar-refractivity contribution is 6.14. The molecule has 0 fully saturated rings. The molecule has 0 N–H and O–H groups in total. The van der Waals surface area contributed by atoms with E-state index in [0.29, 0.717) is 27.6 Å². The van der Waals surface area contributed by atoms with Crippen LogP contribution >= 0.6 is 0 Å². The van der Waals surface area contributed by atoms with Crippen LogP contribution in [0, 0.1) is 32.1 Å². The lowest BCUT2D eigenvalue weighted by Gasteiger charge is -2.09. The van der Waals surface area contributed by atoms with Crippen molar-refractivity contribution < 1.29 is 20.2 Å². The van der Waals surface area contributed by atoms with E-state index >= 15 is 4.39 Å². The molecule has 146 valence electrons. The number of pyridine rings is 1. The van der Waals surface area contributed by atoms with Crippen LogP contribution in [-0.4, -0.2) is 0 Å². The fourth-order valence-corrected chi connectivity index (χ4v) is 3.72. The highest BCUT2D eigenvalue weighted by Crippen LogP contribution is 2.41. The van der Waals surface area contributed by atoms with E-state index in [-0.39, 0.29) is 22.4 Å². The largest absolute Gasteiger partial charge is 0.466 e. The SMILES string of the molecule is [2H]C([2H])([2H])c1ccc([N+]#[C-])c2oc3c(-c4cc(F)c(C([2H])([2H])C(C)C)c[n+]4C)c(C)ccc3c12. The number of fused-ring (bicyclic) bond motifs is 3. The molecule has 0 aliphatic rings. The van der Waals surface area contributed by atoms with Crippen LogP contribution in [0.3, 0.4) is 0 Å². The normalized spacial score (nSPS) is 15.0. The second kappa shape index (κ2) is 7.00. The third-order valence-corrected chi connectivity index (χ3v) is 5.02. The maximum absolute atomic E-state index is 15.2. The molecule has 0 amide bonds. The van der Waals surface area contributed by atoms with Crippen LogP contribution in [0.25, 0.3) is 38.0 Å². The van der Waals surface area contributed by atoms with E-state index in [1.54, 1.807) is 37.6 Å². The van der Waals surface area contributed by atoms with E-state index in [1.807, 2.05) is 6.92 Å². The topological polar surface area (TPSA) is 21.4 Å². The lowest BCUT2D eigenvalue weighted by atomic mass is 9.98. The zero-order chi connectivity index (χ0) is 25.2. The van der Waals surface area contributed by atoms with Gasteiger partial charge in [0.25, 0.3) is 0 Å². The molecule has 0 unspecified atom stereocenters. The lowest BCUT2D eigenvalue weighted by molar-refractivity contribution is -0.661. The molecule has 0 saturated carbocycles. The lowest BCUT2D eigenvalue weighted by Crippen LogP contribution is -2.32. The van der Waals surface area contributed by atoms with Gasteiger partial charge in [0.15, 0.2) is 6.20 Å². The summed E-state index contributed by atoms with van der Waals surface area (Å²) in [5.74, 6) is -1.11. The first-order valence-electron chi connectivity index (χ1n) is 11.9. The van der Waals surface area contributed by atoms with Crippen molar-refractivity contribution in [1.29, 1.82) is 0 Å². The summed E-state index contributed by atoms with van der Waals surface area (Å²) in [4.78, 5) is 3.49. The van der Waals surface area contributed by atoms with Gasteiger partial charge in [-0.2, -0.15) is 0 Å². The Labute approximate surface area is 177 Å². The van der Waals surface area contributed by atoms with Gasteiger partial charge in [-0.3, -0.25) is 0 Å². The molecule has 2 aromatic heterocycles. The molecular weight excluding hydrogens is 363 g/mol. The monoisotopic (exact) mass is 392 g/mol. The summed E-state index contributed by atoms with van der Waals surface area (Å²) in [6, 6.07) is 7.71. The van der Waals surface area contributed by atoms with Crippen molar-refractivity contribution in [3.05, 3.63) is 70.5 Å². The van der Waals surface area contributed by atoms with Gasteiger partial charge in [-0.05, 0) is 37.2 Å². The zero-order valence-electron chi connectivity index (χ0n) is 21.7. The molecule has 4 aromatic rings. The number of aromatic nitrogens is 1. The van der Waals surface area contributed by atoms with Crippen molar-refractivity contribution in [2.45, 2.75) is 34.0 Å². The van der Waals surface area contributed by atoms with Crippen LogP contribution in [0.5, 0.6) is 0 Å². The Morgan fingerprint density at radius 1 is 1.24 bits per heavy atom. The number of hydrogen-bond acceptors (Lipinski definition) is 1. The summed E-state index contributed by atoms with van der Waals surface area (Å²) >= 11 is 0. The maximum atomic E-state index is 15.2. The van der Waals surface area contributed by atoms with Gasteiger partial charge in [0.05, 0.1) is 17.7 Å². The molecule has 0 aliphatic heterocycles. The van der Waals surface area contributed by atoms with E-state index in [2.05, 4.69) is 4.85 Å². The molecule has 0 spiro atoms. The molecule has 2 heterocycles. The highest BCUT2D eigenvalue weighted by atomic mass is 19.1. The van der Waals surface area contributed by atoms with E-state index in [9.17, 15) is 0 Å². The minimum atomic E-state index is -2.42. The van der Waals surface area contributed by atoms with Crippen LogP contribution in [0.2, 0.25) is 0 Å². The van der Waals surface area contributed by atoms with Crippen LogP contribution in [0.4, 0.5) is 10.1 Å². The summed E-state index contributed by atoms with van der Waals surface area (Å²) in [5.41, 5.74) is 2.54. The van der Waals surface area contributed by atoms with Crippen molar-refractivity contribution in [3.63, 3.8) is 0 Å². The molecule has 2 aromatic carbocycles. The molecule has 0 radical (unpaired) electrons. The highest BCUT2D eigenvalue weighted by Gasteiger charge is 2.24. The summed E-state index contributed by atoms with van der Waals surface area (Å²) in [7, 11) is 1.70. The molecule has 3 nitrogen and oxygen atoms in total. The smallest absolute Gasteiger partial charge is 0.229 e. The molecule has 4 heteroatoms. The summed E-state index contributed by atoms with van der Waals surface area (Å²) in [5, 5.41) is 0.870. The number of benzene rings is 2. The third kappa shape index (κ3) is 3.07. The Balaban J connectivity index is 2.10. The molecule has 0 atom stereocenters. The molecule has 0 aliphatic carbocycles. The second-order valence-corrected chi connectivity index (χ2v) is 7.51. The fourth-order valence-electron chi connectivity index (χ4n) is 3.72. The van der Waals surface area contributed by atoms with Crippen molar-refractivity contribution in [3.8, 4) is 11.3 Å². The van der Waals surface area contributed by atoms with Gasteiger partial charge in [-0.1, -0.05) is 38.1 Å². The quantitative estimate of drug-likeness (QED) is 0.285. The number of furan rings is 1. The summed E-state index contributed by atoms with van der Waals surface area (Å²) < 4.78 is 63.6. The minimum Gasteiger partial charge on any atom is -0.466 e. The number of rotatable bonds is 3. The van der Waals surface area contributed by atoms with Gasteiger partial charge in [-0.25, -0.2) is 13.8 Å². The van der Waals surface area contributed by atoms with Crippen LogP contribution < -0.4 is 4.57 Å². The zero-order valence-corrected chi connectivity index (χ0v) is 16.7. The van der Waals surface area contributed by atoms with Gasteiger partial charge >= 0.3 is 0 Å². The average molecular weight is 393 g/mol. The number of hydrogen-bond donors (Lipinski definition) is 0. The average Bonchev–Trinajstić information content (AvgIpc) is 3.13. The second-order valence-electron chi connectivity index (χ2n) is 7.51. The minimum absolute atomic E-state index is 0.0387. The summed E-state index contributed by atoms with van der Waals surface area (Å²) in [6.07, 6.45) is -0.413. The third-order valence-electron chi connectivity index (χ3n) is 5.02. The van der Waals surface area contributed by atoms with E-state index in [4.69, 9.17) is 17.8 Å². The predicted molar refractivity (Wildman–Crippen MR) is 115 cm³/mol. The Morgan fingerprint density at radius 2 is 2.00 bits per heavy atom. The van der Waals surface area contributed by atoms with Crippen LogP contribution in [0.1, 0.15) is 37.4 Å². The van der Waals surface area contributed by atoms with Crippen LogP contribution in [0.15, 0.2) is 40.9 Å². The van der Waals surface area contributed by atoms with E-state index in [1.165, 1.54) is 24.4 Å². The Hall–Kier alpha value is -3.19. The van der Waals surface area contributed by atoms with Gasteiger partial charge in [-0.15, -0.1) is 0 Å². The first-order chi connectivity index (χ1) is 15.8. The number of halogens is 1. The molecular formula is C25H24FN2O+. The Kier molecular flexibility index (Phi) is 3.36. The molecule has 29 heavy (non-hydrogen) atoms. The van der Waals surface area contributed by atoms with Crippen molar-refractivity contribution >= 4 is 27.6 Å². The maximum Gasteiger partial charge on any atom is 0.229 e. The number of aryl methyl sites for hydroxylation is 3. The van der Waals surface area contributed by atoms with Crippen molar-refractivity contribution in [1.82, 2.24) is 0 Å². The molecule has 0 bridgehead atoms. The first-order valence-corrected chi connectivity index (χ1v) is 9.35. The van der Waals surface area contributed by atoms with Crippen molar-refractivity contribution in [2.24, 2.45) is 13.0 Å². The van der Waals surface area contributed by atoms with Gasteiger partial charge in [0.2, 0.25) is 11.4 Å². The standard InChI is InChI=1S/C25H24FN2O/c1-14(2)11-17-13-28(6)21(12-19(17)26)23-16(4)7-9-18-22-15(3)8-10-20(27-5)25(22)29-24(18)23/h7-10,12-14H,11H2,1-4,6H3/q+1/i3D3,11D2. The number of nitrogens with zero attached hydrogens (tertiary/aromatic N) is 2. The Morgan fingerprint density at radius 3 is 2.69 bits per heavy atom. The van der Waals surface area contributed by atoms with Crippen molar-refractivity contribution in [2.75, 3.05) is 0 Å². The predicted octanol–water partition coefficient (Wildman–Crippen LogP) is 6.58. The van der Waals surface area contributed by atoms with Gasteiger partial charge < -0.3 is 4.42 Å². The molecule has 4 rings (SSSR count). The molecule has 0 saturated heterocycles. The fraction of sp³-hybridized carbons (Fsp3) is 0.280. The first kappa shape index (κ1) is 13.9. The van der Waals surface area contributed by atoms with E-state index < -0.39 is 25.0 Å². The van der Waals surface area contributed by atoms with Gasteiger partial charge in [0, 0.05) is 23.7 Å². The Bertz CT molecular complexity index is 1500. The summed E-state index contributed by atoms with van der Waals surface area (Å²) in [6.45, 7) is 10.3. The van der Waals surface area contributed by atoms with Gasteiger partial charge in [0.1, 0.15) is 24.0 Å².